The van der Waals surface area contributed by atoms with Crippen molar-refractivity contribution in [1.82, 2.24) is 8.98 Å². The molecule has 2 aromatic carbocycles. The molecule has 3 heterocycles. The Balaban J connectivity index is 1.83. The second kappa shape index (κ2) is 7.90. The third kappa shape index (κ3) is 3.65. The number of hydrogen-bond donors (Lipinski definition) is 0. The molecule has 0 N–H and O–H groups in total. The van der Waals surface area contributed by atoms with E-state index < -0.39 is 16.1 Å². The van der Waals surface area contributed by atoms with Gasteiger partial charge in [-0.1, -0.05) is 41.9 Å². The van der Waals surface area contributed by atoms with E-state index in [0.29, 0.717) is 33.1 Å². The maximum atomic E-state index is 13.7. The van der Waals surface area contributed by atoms with Crippen molar-refractivity contribution in [2.24, 2.45) is 12.1 Å². The van der Waals surface area contributed by atoms with Gasteiger partial charge in [0.05, 0.1) is 29.3 Å². The molecule has 1 aliphatic heterocycles. The molecule has 0 unspecified atom stereocenters. The van der Waals surface area contributed by atoms with E-state index in [1.54, 1.807) is 35.9 Å². The van der Waals surface area contributed by atoms with Gasteiger partial charge in [-0.3, -0.25) is 4.79 Å². The lowest BCUT2D eigenvalue weighted by Crippen LogP contribution is -2.26. The molecule has 0 saturated carbocycles. The quantitative estimate of drug-likeness (QED) is 0.427. The van der Waals surface area contributed by atoms with Gasteiger partial charge in [-0.25, -0.2) is 8.42 Å². The molecular weight excluding hydrogens is 462 g/mol. The Morgan fingerprint density at radius 3 is 2.48 bits per heavy atom. The van der Waals surface area contributed by atoms with Gasteiger partial charge in [0.25, 0.3) is 5.56 Å². The fourth-order valence-electron chi connectivity index (χ4n) is 4.33. The smallest absolute Gasteiger partial charge is 0.260 e. The minimum Gasteiger partial charge on any atom is -0.467 e. The fourth-order valence-corrected chi connectivity index (χ4v) is 5.39. The molecule has 1 aliphatic rings. The molecular formula is C24H20ClN3O4S. The minimum atomic E-state index is -3.71. The van der Waals surface area contributed by atoms with Crippen LogP contribution in [0.15, 0.2) is 81.2 Å². The normalized spacial score (nSPS) is 16.4. The maximum Gasteiger partial charge on any atom is 0.260 e. The highest BCUT2D eigenvalue weighted by atomic mass is 35.5. The van der Waals surface area contributed by atoms with E-state index in [9.17, 15) is 13.2 Å². The van der Waals surface area contributed by atoms with Crippen LogP contribution >= 0.6 is 11.6 Å². The molecule has 0 radical (unpaired) electrons. The number of hydrogen-bond acceptors (Lipinski definition) is 5. The molecule has 0 amide bonds. The number of furan rings is 1. The second-order valence-electron chi connectivity index (χ2n) is 7.96. The van der Waals surface area contributed by atoms with Crippen LogP contribution in [0.1, 0.15) is 23.8 Å². The molecule has 5 rings (SSSR count). The zero-order valence-corrected chi connectivity index (χ0v) is 19.5. The molecule has 0 bridgehead atoms. The topological polar surface area (TPSA) is 84.9 Å². The summed E-state index contributed by atoms with van der Waals surface area (Å²) in [7, 11) is -2.03. The van der Waals surface area contributed by atoms with Gasteiger partial charge in [0, 0.05) is 29.4 Å². The standard InChI is InChI=1S/C24H20ClN3O4S/c1-27-19-11-10-16(25)13-17(19)22(15-7-4-3-5-8-15)23(24(27)29)18-14-20(21-9-6-12-32-21)28(26-18)33(2,30)31/h3-13,20H,14H2,1-2H3/t20-/m1/s1. The summed E-state index contributed by atoms with van der Waals surface area (Å²) in [6.07, 6.45) is 2.77. The van der Waals surface area contributed by atoms with Crippen LogP contribution in [0.25, 0.3) is 22.0 Å². The lowest BCUT2D eigenvalue weighted by Gasteiger charge is -2.18. The molecule has 168 valence electrons. The van der Waals surface area contributed by atoms with Crippen LogP contribution in [0.3, 0.4) is 0 Å². The average Bonchev–Trinajstić information content (AvgIpc) is 3.46. The van der Waals surface area contributed by atoms with E-state index in [1.807, 2.05) is 36.4 Å². The van der Waals surface area contributed by atoms with Crippen LogP contribution < -0.4 is 5.56 Å². The molecule has 0 aliphatic carbocycles. The number of aryl methyl sites for hydroxylation is 1. The summed E-state index contributed by atoms with van der Waals surface area (Å²) < 4.78 is 33.2. The SMILES string of the molecule is Cn1c(=O)c(C2=NN(S(C)(=O)=O)[C@@H](c3ccco3)C2)c(-c2ccccc2)c2cc(Cl)ccc21. The van der Waals surface area contributed by atoms with Crippen molar-refractivity contribution in [2.75, 3.05) is 6.26 Å². The summed E-state index contributed by atoms with van der Waals surface area (Å²) in [5.74, 6) is 0.459. The fraction of sp³-hybridized carbons (Fsp3) is 0.167. The molecule has 0 saturated heterocycles. The Morgan fingerprint density at radius 1 is 1.06 bits per heavy atom. The molecule has 33 heavy (non-hydrogen) atoms. The van der Waals surface area contributed by atoms with Gasteiger partial charge in [-0.15, -0.1) is 0 Å². The summed E-state index contributed by atoms with van der Waals surface area (Å²) in [5.41, 5.74) is 2.66. The summed E-state index contributed by atoms with van der Waals surface area (Å²) in [4.78, 5) is 13.7. The van der Waals surface area contributed by atoms with Gasteiger partial charge < -0.3 is 8.98 Å². The number of hydrazone groups is 1. The number of nitrogens with zero attached hydrogens (tertiary/aromatic N) is 3. The van der Waals surface area contributed by atoms with Crippen molar-refractivity contribution in [3.05, 3.63) is 93.6 Å². The van der Waals surface area contributed by atoms with Crippen LogP contribution in [0.4, 0.5) is 0 Å². The first kappa shape index (κ1) is 21.5. The molecule has 9 heteroatoms. The van der Waals surface area contributed by atoms with Gasteiger partial charge in [0.1, 0.15) is 11.8 Å². The van der Waals surface area contributed by atoms with Crippen molar-refractivity contribution in [3.63, 3.8) is 0 Å². The predicted molar refractivity (Wildman–Crippen MR) is 129 cm³/mol. The van der Waals surface area contributed by atoms with E-state index in [-0.39, 0.29) is 12.0 Å². The van der Waals surface area contributed by atoms with Crippen molar-refractivity contribution < 1.29 is 12.8 Å². The highest BCUT2D eigenvalue weighted by molar-refractivity contribution is 7.88. The van der Waals surface area contributed by atoms with Gasteiger partial charge in [0.15, 0.2) is 0 Å². The van der Waals surface area contributed by atoms with Crippen LogP contribution in [0.2, 0.25) is 5.02 Å². The predicted octanol–water partition coefficient (Wildman–Crippen LogP) is 4.56. The molecule has 0 fully saturated rings. The molecule has 4 aromatic rings. The van der Waals surface area contributed by atoms with E-state index in [0.717, 1.165) is 21.6 Å². The lowest BCUT2D eigenvalue weighted by molar-refractivity contribution is 0.322. The van der Waals surface area contributed by atoms with Crippen LogP contribution in [-0.2, 0) is 17.1 Å². The van der Waals surface area contributed by atoms with Crippen molar-refractivity contribution in [1.29, 1.82) is 0 Å². The largest absolute Gasteiger partial charge is 0.467 e. The number of fused-ring (bicyclic) bond motifs is 1. The number of benzene rings is 2. The van der Waals surface area contributed by atoms with Crippen LogP contribution in [0.5, 0.6) is 0 Å². The molecule has 0 spiro atoms. The number of sulfonamides is 1. The zero-order valence-electron chi connectivity index (χ0n) is 17.9. The Bertz CT molecular complexity index is 1560. The van der Waals surface area contributed by atoms with Crippen molar-refractivity contribution >= 4 is 38.2 Å². The van der Waals surface area contributed by atoms with Crippen molar-refractivity contribution in [3.8, 4) is 11.1 Å². The Hall–Kier alpha value is -3.36. The van der Waals surface area contributed by atoms with Crippen LogP contribution in [-0.4, -0.2) is 29.4 Å². The minimum absolute atomic E-state index is 0.196. The monoisotopic (exact) mass is 481 g/mol. The Labute approximate surface area is 195 Å². The number of halogens is 1. The molecule has 2 aromatic heterocycles. The number of aromatic nitrogens is 1. The first-order valence-corrected chi connectivity index (χ1v) is 12.5. The second-order valence-corrected chi connectivity index (χ2v) is 10.2. The number of rotatable bonds is 4. The van der Waals surface area contributed by atoms with E-state index in [2.05, 4.69) is 5.10 Å². The third-order valence-corrected chi connectivity index (χ3v) is 7.04. The molecule has 1 atom stereocenters. The lowest BCUT2D eigenvalue weighted by atomic mass is 9.91. The van der Waals surface area contributed by atoms with E-state index in [1.165, 1.54) is 6.26 Å². The van der Waals surface area contributed by atoms with Gasteiger partial charge in [-0.05, 0) is 35.9 Å². The third-order valence-electron chi connectivity index (χ3n) is 5.79. The zero-order chi connectivity index (χ0) is 23.3. The van der Waals surface area contributed by atoms with Gasteiger partial charge in [0.2, 0.25) is 10.0 Å². The summed E-state index contributed by atoms with van der Waals surface area (Å²) >= 11 is 6.34. The summed E-state index contributed by atoms with van der Waals surface area (Å²) in [5, 5.41) is 5.75. The van der Waals surface area contributed by atoms with Gasteiger partial charge >= 0.3 is 0 Å². The first-order valence-electron chi connectivity index (χ1n) is 10.2. The first-order chi connectivity index (χ1) is 15.8. The van der Waals surface area contributed by atoms with Crippen molar-refractivity contribution in [2.45, 2.75) is 12.5 Å². The summed E-state index contributed by atoms with van der Waals surface area (Å²) in [6, 6.07) is 17.6. The van der Waals surface area contributed by atoms with E-state index in [4.69, 9.17) is 16.0 Å². The Kier molecular flexibility index (Phi) is 5.14. The highest BCUT2D eigenvalue weighted by Crippen LogP contribution is 2.38. The highest BCUT2D eigenvalue weighted by Gasteiger charge is 2.38. The maximum absolute atomic E-state index is 13.7. The average molecular weight is 482 g/mol. The number of pyridine rings is 1. The summed E-state index contributed by atoms with van der Waals surface area (Å²) in [6.45, 7) is 0. The van der Waals surface area contributed by atoms with E-state index >= 15 is 0 Å². The van der Waals surface area contributed by atoms with Crippen LogP contribution in [0, 0.1) is 0 Å². The Morgan fingerprint density at radius 2 is 1.82 bits per heavy atom. The molecule has 7 nitrogen and oxygen atoms in total. The van der Waals surface area contributed by atoms with Gasteiger partial charge in [-0.2, -0.15) is 9.52 Å².